The molecule has 8 rings (SSSR count). The Morgan fingerprint density at radius 3 is 1.44 bits per heavy atom. The summed E-state index contributed by atoms with van der Waals surface area (Å²) in [5, 5.41) is 23.4. The lowest BCUT2D eigenvalue weighted by Crippen LogP contribution is -2.22. The van der Waals surface area contributed by atoms with Gasteiger partial charge in [-0.2, -0.15) is 15.3 Å². The summed E-state index contributed by atoms with van der Waals surface area (Å²) < 4.78 is 51.6. The van der Waals surface area contributed by atoms with Crippen LogP contribution in [0.3, 0.4) is 0 Å². The number of aldehydes is 1. The number of hydrogen-bond donors (Lipinski definition) is 3. The molecule has 21 nitrogen and oxygen atoms in total. The fourth-order valence-corrected chi connectivity index (χ4v) is 11.4. The molecule has 0 aliphatic heterocycles. The second-order valence-electron chi connectivity index (χ2n) is 23.2. The van der Waals surface area contributed by atoms with Gasteiger partial charge in [0.25, 0.3) is 34.1 Å². The van der Waals surface area contributed by atoms with Crippen LogP contribution in [0.1, 0.15) is 47.4 Å². The third kappa shape index (κ3) is 20.2. The van der Waals surface area contributed by atoms with Crippen molar-refractivity contribution in [2.45, 2.75) is 109 Å². The maximum atomic E-state index is 12.2. The number of aromatic nitrogens is 7. The molecule has 4 aromatic heterocycles. The SMILES string of the molecule is C#[N+]CS(=O)(=O)c1ccc(C)cc1.CNC(=O)c1nn(COCC[Si](C)(C)C)c2ccc(-c3cnco3)cc12.CNC(=O)c1nn(COCC[Si](C)(C)C)c2ccc(C=O)cc12.CNC(=O)c1nn(COCC[Si](C)(C)C)c2ccc(I)cc12. The van der Waals surface area contributed by atoms with E-state index in [9.17, 15) is 27.6 Å². The third-order valence-corrected chi connectivity index (χ3v) is 19.9. The maximum Gasteiger partial charge on any atom is 0.364 e. The number of halogens is 1. The number of rotatable bonds is 22. The number of nitrogens with zero attached hydrogens (tertiary/aromatic N) is 8. The molecule has 0 bridgehead atoms. The van der Waals surface area contributed by atoms with Gasteiger partial charge in [-0.3, -0.25) is 19.2 Å². The number of sulfone groups is 1. The molecular weight excluding hydrogens is 1250 g/mol. The van der Waals surface area contributed by atoms with Gasteiger partial charge in [0.2, 0.25) is 0 Å². The lowest BCUT2D eigenvalue weighted by Gasteiger charge is -2.15. The van der Waals surface area contributed by atoms with Gasteiger partial charge in [0.15, 0.2) is 29.2 Å². The van der Waals surface area contributed by atoms with Gasteiger partial charge in [0.1, 0.15) is 26.5 Å². The quantitative estimate of drug-likeness (QED) is 0.0247. The Kier molecular flexibility index (Phi) is 25.0. The average Bonchev–Trinajstić information content (AvgIpc) is 2.32. The van der Waals surface area contributed by atoms with E-state index in [1.54, 1.807) is 83.8 Å². The van der Waals surface area contributed by atoms with Crippen molar-refractivity contribution in [3.63, 3.8) is 0 Å². The van der Waals surface area contributed by atoms with E-state index >= 15 is 0 Å². The van der Waals surface area contributed by atoms with Crippen LogP contribution in [0, 0.1) is 17.1 Å². The molecule has 26 heteroatoms. The molecule has 3 N–H and O–H groups in total. The van der Waals surface area contributed by atoms with Gasteiger partial charge in [0.05, 0.1) is 27.6 Å². The van der Waals surface area contributed by atoms with Gasteiger partial charge >= 0.3 is 5.88 Å². The Balaban J connectivity index is 0.000000210. The van der Waals surface area contributed by atoms with Crippen LogP contribution >= 0.6 is 22.6 Å². The molecule has 0 unspecified atom stereocenters. The second-order valence-corrected chi connectivity index (χ2v) is 43.3. The van der Waals surface area contributed by atoms with E-state index in [1.807, 2.05) is 43.3 Å². The summed E-state index contributed by atoms with van der Waals surface area (Å²) in [6.45, 7) is 30.6. The molecule has 450 valence electrons. The summed E-state index contributed by atoms with van der Waals surface area (Å²) in [5.41, 5.74) is 6.06. The highest BCUT2D eigenvalue weighted by Gasteiger charge is 2.22. The van der Waals surface area contributed by atoms with Crippen molar-refractivity contribution in [3.8, 4) is 17.9 Å². The third-order valence-electron chi connectivity index (χ3n) is 12.7. The first-order chi connectivity index (χ1) is 39.6. The predicted octanol–water partition coefficient (Wildman–Crippen LogP) is 10.9. The Morgan fingerprint density at radius 1 is 0.631 bits per heavy atom. The summed E-state index contributed by atoms with van der Waals surface area (Å²) in [6, 6.07) is 26.8. The first kappa shape index (κ1) is 68.1. The lowest BCUT2D eigenvalue weighted by molar-refractivity contribution is 0.0803. The number of hydrogen-bond acceptors (Lipinski definition) is 14. The van der Waals surface area contributed by atoms with Crippen LogP contribution in [-0.4, -0.2) is 138 Å². The molecule has 3 amide bonds. The fourth-order valence-electron chi connectivity index (χ4n) is 7.77. The molecule has 0 radical (unpaired) electrons. The van der Waals surface area contributed by atoms with Gasteiger partial charge in [-0.05, 0) is 114 Å². The highest BCUT2D eigenvalue weighted by Crippen LogP contribution is 2.28. The van der Waals surface area contributed by atoms with Crippen molar-refractivity contribution in [1.82, 2.24) is 50.3 Å². The van der Waals surface area contributed by atoms with Gasteiger partial charge in [0, 0.05) is 96.0 Å². The molecule has 0 fully saturated rings. The molecule has 4 aromatic carbocycles. The summed E-state index contributed by atoms with van der Waals surface area (Å²) in [6.07, 6.45) is 3.79. The number of aryl methyl sites for hydroxylation is 1. The second kappa shape index (κ2) is 30.9. The zero-order chi connectivity index (χ0) is 62.0. The van der Waals surface area contributed by atoms with Crippen molar-refractivity contribution in [2.24, 2.45) is 0 Å². The Morgan fingerprint density at radius 2 is 1.05 bits per heavy atom. The molecule has 0 saturated heterocycles. The number of benzene rings is 4. The number of ether oxygens (including phenoxy) is 3. The fraction of sp³-hybridized carbons (Fsp3) is 0.397. The van der Waals surface area contributed by atoms with Crippen LogP contribution in [0.4, 0.5) is 0 Å². The zero-order valence-corrected chi connectivity index (χ0v) is 56.3. The maximum absolute atomic E-state index is 12.2. The van der Waals surface area contributed by atoms with Crippen molar-refractivity contribution in [1.29, 1.82) is 0 Å². The summed E-state index contributed by atoms with van der Waals surface area (Å²) in [4.78, 5) is 54.5. The van der Waals surface area contributed by atoms with Gasteiger partial charge < -0.3 is 34.6 Å². The van der Waals surface area contributed by atoms with Crippen LogP contribution in [0.2, 0.25) is 77.1 Å². The Labute approximate surface area is 508 Å². The first-order valence-corrected chi connectivity index (χ1v) is 41.0. The molecule has 0 atom stereocenters. The smallest absolute Gasteiger partial charge is 0.364 e. The normalized spacial score (nSPS) is 11.6. The summed E-state index contributed by atoms with van der Waals surface area (Å²) >= 11 is 2.24. The Bertz CT molecular complexity index is 3670. The Hall–Kier alpha value is -6.72. The minimum atomic E-state index is -3.32. The van der Waals surface area contributed by atoms with E-state index < -0.39 is 34.1 Å². The number of oxazole rings is 1. The van der Waals surface area contributed by atoms with E-state index in [0.29, 0.717) is 67.2 Å². The monoisotopic (exact) mass is 1330 g/mol. The summed E-state index contributed by atoms with van der Waals surface area (Å²) in [7, 11) is -1.92. The van der Waals surface area contributed by atoms with Crippen molar-refractivity contribution >= 4 is 113 Å². The van der Waals surface area contributed by atoms with Crippen LogP contribution in [-0.2, 0) is 44.2 Å². The first-order valence-electron chi connectivity index (χ1n) is 27.2. The number of fused-ring (bicyclic) bond motifs is 3. The van der Waals surface area contributed by atoms with Crippen LogP contribution in [0.15, 0.2) is 101 Å². The zero-order valence-electron chi connectivity index (χ0n) is 50.3. The predicted molar refractivity (Wildman–Crippen MR) is 347 cm³/mol. The van der Waals surface area contributed by atoms with Crippen molar-refractivity contribution in [2.75, 3.05) is 46.8 Å². The van der Waals surface area contributed by atoms with Crippen molar-refractivity contribution in [3.05, 3.63) is 128 Å². The van der Waals surface area contributed by atoms with E-state index in [4.69, 9.17) is 25.2 Å². The van der Waals surface area contributed by atoms with Gasteiger partial charge in [-0.15, -0.1) is 0 Å². The van der Waals surface area contributed by atoms with Crippen LogP contribution < -0.4 is 16.0 Å². The molecular formula is C58H79IN11O10SSi3+. The minimum Gasteiger partial charge on any atom is -0.444 e. The van der Waals surface area contributed by atoms with E-state index in [-0.39, 0.29) is 28.5 Å². The van der Waals surface area contributed by atoms with Crippen molar-refractivity contribution < 1.29 is 46.2 Å². The molecule has 8 aromatic rings. The molecule has 84 heavy (non-hydrogen) atoms. The van der Waals surface area contributed by atoms with E-state index in [2.05, 4.69) is 123 Å². The standard InChI is InChI=1S/C18H24N4O3Si.C16H23N3O3Si.C15H22IN3O2Si.C9H10NO2S/c1-19-18(23)17-14-9-13(16-10-20-11-25-16)5-6-15(14)22(21-17)12-24-7-8-26(2,3)4;1-17-16(21)15-13-9-12(10-20)5-6-14(13)19(18-15)11-22-7-8-23(2,3)4;1-17-15(20)14-12-9-11(16)5-6-13(12)19(18-14)10-21-7-8-22(2,3)4;1-8-3-5-9(6-4-8)13(11,12)7-10-2/h5-6,9-11H,7-8,12H2,1-4H3,(H,19,23);5-6,9-10H,7-8,11H2,1-4H3,(H,17,21);5-6,9H,7-8,10H2,1-4H3,(H,17,20);2-6H,7H2,1H3/q;;;+1. The van der Waals surface area contributed by atoms with E-state index in [1.165, 1.54) is 6.39 Å². The van der Waals surface area contributed by atoms with Crippen LogP contribution in [0.25, 0.3) is 48.9 Å². The summed E-state index contributed by atoms with van der Waals surface area (Å²) in [5.74, 6) is -0.401. The van der Waals surface area contributed by atoms with Gasteiger partial charge in [-0.25, -0.2) is 27.4 Å². The molecule has 0 aliphatic rings. The molecule has 4 heterocycles. The van der Waals surface area contributed by atoms with E-state index in [0.717, 1.165) is 73.0 Å². The molecule has 0 aliphatic carbocycles. The largest absolute Gasteiger partial charge is 0.444 e. The topological polar surface area (TPSA) is 250 Å². The highest BCUT2D eigenvalue weighted by atomic mass is 127. The highest BCUT2D eigenvalue weighted by molar-refractivity contribution is 14.1. The minimum absolute atomic E-state index is 0.173. The number of carbonyl (C=O) groups excluding carboxylic acids is 4. The van der Waals surface area contributed by atoms with Crippen LogP contribution in [0.5, 0.6) is 0 Å². The average molecular weight is 1330 g/mol. The lowest BCUT2D eigenvalue weighted by atomic mass is 10.1. The van der Waals surface area contributed by atoms with Gasteiger partial charge in [-0.1, -0.05) is 81.5 Å². The number of amides is 3. The molecule has 0 saturated carbocycles. The number of nitrogens with one attached hydrogen (secondary N) is 3. The number of carbonyl (C=O) groups is 4. The molecule has 0 spiro atoms.